The van der Waals surface area contributed by atoms with Gasteiger partial charge in [0.05, 0.1) is 11.3 Å². The molecule has 4 heteroatoms. The van der Waals surface area contributed by atoms with Crippen molar-refractivity contribution in [2.45, 2.75) is 16.5 Å². The standard InChI is InChI=1S/C13H15NOS2/c1-15-12-7-10(4-5-11(12)8-14)9-17-13-3-2-6-16-13/h2-7H,8-9,14H2,1H3. The van der Waals surface area contributed by atoms with Gasteiger partial charge in [-0.2, -0.15) is 0 Å². The van der Waals surface area contributed by atoms with Gasteiger partial charge in [0.25, 0.3) is 0 Å². The highest BCUT2D eigenvalue weighted by atomic mass is 32.2. The molecule has 0 saturated heterocycles. The van der Waals surface area contributed by atoms with Crippen molar-refractivity contribution in [3.05, 3.63) is 46.8 Å². The van der Waals surface area contributed by atoms with Gasteiger partial charge in [0.2, 0.25) is 0 Å². The minimum absolute atomic E-state index is 0.515. The summed E-state index contributed by atoms with van der Waals surface area (Å²) >= 11 is 3.62. The van der Waals surface area contributed by atoms with Gasteiger partial charge >= 0.3 is 0 Å². The van der Waals surface area contributed by atoms with E-state index in [1.165, 1.54) is 9.77 Å². The van der Waals surface area contributed by atoms with Gasteiger partial charge in [-0.05, 0) is 23.1 Å². The quantitative estimate of drug-likeness (QED) is 0.840. The molecule has 0 aliphatic rings. The Labute approximate surface area is 110 Å². The lowest BCUT2D eigenvalue weighted by Crippen LogP contribution is -2.00. The van der Waals surface area contributed by atoms with Crippen LogP contribution < -0.4 is 10.5 Å². The molecule has 2 nitrogen and oxygen atoms in total. The highest BCUT2D eigenvalue weighted by molar-refractivity contribution is 8.00. The first kappa shape index (κ1) is 12.5. The number of ether oxygens (including phenoxy) is 1. The second-order valence-electron chi connectivity index (χ2n) is 3.57. The van der Waals surface area contributed by atoms with Crippen molar-refractivity contribution in [2.75, 3.05) is 7.11 Å². The molecule has 0 bridgehead atoms. The molecule has 1 heterocycles. The summed E-state index contributed by atoms with van der Waals surface area (Å²) in [4.78, 5) is 0. The van der Waals surface area contributed by atoms with Crippen LogP contribution in [0.1, 0.15) is 11.1 Å². The maximum Gasteiger partial charge on any atom is 0.123 e. The third-order valence-corrected chi connectivity index (χ3v) is 4.65. The predicted molar refractivity (Wildman–Crippen MR) is 74.8 cm³/mol. The largest absolute Gasteiger partial charge is 0.496 e. The molecule has 0 radical (unpaired) electrons. The smallest absolute Gasteiger partial charge is 0.123 e. The maximum absolute atomic E-state index is 5.64. The molecule has 17 heavy (non-hydrogen) atoms. The van der Waals surface area contributed by atoms with Gasteiger partial charge in [-0.3, -0.25) is 0 Å². The second-order valence-corrected chi connectivity index (χ2v) is 5.79. The van der Waals surface area contributed by atoms with Crippen LogP contribution in [-0.4, -0.2) is 7.11 Å². The average Bonchev–Trinajstić information content (AvgIpc) is 2.89. The highest BCUT2D eigenvalue weighted by Gasteiger charge is 2.03. The van der Waals surface area contributed by atoms with Crippen LogP contribution in [0.3, 0.4) is 0 Å². The molecule has 0 amide bonds. The Bertz CT molecular complexity index is 468. The molecule has 0 fully saturated rings. The Morgan fingerprint density at radius 2 is 2.24 bits per heavy atom. The number of benzene rings is 1. The normalized spacial score (nSPS) is 10.5. The fraction of sp³-hybridized carbons (Fsp3) is 0.231. The minimum atomic E-state index is 0.515. The van der Waals surface area contributed by atoms with E-state index in [1.54, 1.807) is 18.4 Å². The SMILES string of the molecule is COc1cc(CSc2cccs2)ccc1CN. The number of methoxy groups -OCH3 is 1. The molecule has 0 saturated carbocycles. The van der Waals surface area contributed by atoms with Crippen molar-refractivity contribution >= 4 is 23.1 Å². The van der Waals surface area contributed by atoms with Gasteiger partial charge in [-0.1, -0.05) is 18.2 Å². The van der Waals surface area contributed by atoms with Crippen LogP contribution in [0, 0.1) is 0 Å². The van der Waals surface area contributed by atoms with E-state index in [0.717, 1.165) is 17.1 Å². The lowest BCUT2D eigenvalue weighted by molar-refractivity contribution is 0.409. The van der Waals surface area contributed by atoms with E-state index in [1.807, 2.05) is 17.8 Å². The van der Waals surface area contributed by atoms with Crippen LogP contribution in [0.4, 0.5) is 0 Å². The zero-order valence-corrected chi connectivity index (χ0v) is 11.3. The van der Waals surface area contributed by atoms with Crippen molar-refractivity contribution in [3.63, 3.8) is 0 Å². The Morgan fingerprint density at radius 1 is 1.35 bits per heavy atom. The van der Waals surface area contributed by atoms with Gasteiger partial charge in [-0.25, -0.2) is 0 Å². The lowest BCUT2D eigenvalue weighted by atomic mass is 10.1. The first-order valence-electron chi connectivity index (χ1n) is 5.35. The summed E-state index contributed by atoms with van der Waals surface area (Å²) < 4.78 is 6.67. The summed E-state index contributed by atoms with van der Waals surface area (Å²) in [6.07, 6.45) is 0. The number of hydrogen-bond donors (Lipinski definition) is 1. The fourth-order valence-electron chi connectivity index (χ4n) is 1.55. The van der Waals surface area contributed by atoms with Crippen molar-refractivity contribution in [2.24, 2.45) is 5.73 Å². The number of hydrogen-bond acceptors (Lipinski definition) is 4. The minimum Gasteiger partial charge on any atom is -0.496 e. The number of rotatable bonds is 5. The zero-order chi connectivity index (χ0) is 12.1. The number of nitrogens with two attached hydrogens (primary N) is 1. The van der Waals surface area contributed by atoms with Crippen molar-refractivity contribution in [1.82, 2.24) is 0 Å². The van der Waals surface area contributed by atoms with E-state index in [0.29, 0.717) is 6.54 Å². The van der Waals surface area contributed by atoms with Gasteiger partial charge in [-0.15, -0.1) is 23.1 Å². The first-order chi connectivity index (χ1) is 8.33. The van der Waals surface area contributed by atoms with Crippen LogP contribution in [0.15, 0.2) is 39.9 Å². The van der Waals surface area contributed by atoms with E-state index >= 15 is 0 Å². The molecule has 1 aromatic heterocycles. The van der Waals surface area contributed by atoms with E-state index < -0.39 is 0 Å². The van der Waals surface area contributed by atoms with Crippen LogP contribution in [-0.2, 0) is 12.3 Å². The van der Waals surface area contributed by atoms with Gasteiger partial charge < -0.3 is 10.5 Å². The summed E-state index contributed by atoms with van der Waals surface area (Å²) in [6, 6.07) is 10.4. The third kappa shape index (κ3) is 3.25. The fourth-order valence-corrected chi connectivity index (χ4v) is 3.27. The molecule has 2 aromatic rings. The van der Waals surface area contributed by atoms with Crippen LogP contribution >= 0.6 is 23.1 Å². The molecule has 90 valence electrons. The van der Waals surface area contributed by atoms with Gasteiger partial charge in [0, 0.05) is 17.9 Å². The molecule has 1 aromatic carbocycles. The van der Waals surface area contributed by atoms with E-state index in [4.69, 9.17) is 10.5 Å². The van der Waals surface area contributed by atoms with Crippen LogP contribution in [0.25, 0.3) is 0 Å². The van der Waals surface area contributed by atoms with Crippen molar-refractivity contribution < 1.29 is 4.74 Å². The van der Waals surface area contributed by atoms with Gasteiger partial charge in [0.1, 0.15) is 5.75 Å². The molecule has 0 atom stereocenters. The highest BCUT2D eigenvalue weighted by Crippen LogP contribution is 2.29. The summed E-state index contributed by atoms with van der Waals surface area (Å²) in [5.74, 6) is 1.85. The summed E-state index contributed by atoms with van der Waals surface area (Å²) in [7, 11) is 1.69. The molecule has 2 N–H and O–H groups in total. The molecule has 0 unspecified atom stereocenters. The van der Waals surface area contributed by atoms with Crippen LogP contribution in [0.5, 0.6) is 5.75 Å². The Balaban J connectivity index is 2.06. The predicted octanol–water partition coefficient (Wildman–Crippen LogP) is 3.51. The van der Waals surface area contributed by atoms with E-state index in [9.17, 15) is 0 Å². The first-order valence-corrected chi connectivity index (χ1v) is 7.22. The van der Waals surface area contributed by atoms with Gasteiger partial charge in [0.15, 0.2) is 0 Å². The summed E-state index contributed by atoms with van der Waals surface area (Å²) in [5, 5.41) is 2.10. The third-order valence-electron chi connectivity index (χ3n) is 2.45. The summed E-state index contributed by atoms with van der Waals surface area (Å²) in [5.41, 5.74) is 7.96. The van der Waals surface area contributed by atoms with Crippen LogP contribution in [0.2, 0.25) is 0 Å². The summed E-state index contributed by atoms with van der Waals surface area (Å²) in [6.45, 7) is 0.515. The lowest BCUT2D eigenvalue weighted by Gasteiger charge is -2.08. The number of thioether (sulfide) groups is 1. The zero-order valence-electron chi connectivity index (χ0n) is 9.68. The van der Waals surface area contributed by atoms with Crippen molar-refractivity contribution in [1.29, 1.82) is 0 Å². The second kappa shape index (κ2) is 6.10. The van der Waals surface area contributed by atoms with E-state index in [2.05, 4.69) is 29.6 Å². The molecule has 0 aliphatic carbocycles. The maximum atomic E-state index is 5.64. The molecule has 0 spiro atoms. The Hall–Kier alpha value is -0.970. The molecular weight excluding hydrogens is 250 g/mol. The average molecular weight is 265 g/mol. The molecule has 2 rings (SSSR count). The number of thiophene rings is 1. The van der Waals surface area contributed by atoms with Crippen molar-refractivity contribution in [3.8, 4) is 5.75 Å². The molecule has 0 aliphatic heterocycles. The molecular formula is C13H15NOS2. The Morgan fingerprint density at radius 3 is 2.88 bits per heavy atom. The Kier molecular flexibility index (Phi) is 4.48. The monoisotopic (exact) mass is 265 g/mol. The topological polar surface area (TPSA) is 35.2 Å². The van der Waals surface area contributed by atoms with E-state index in [-0.39, 0.29) is 0 Å².